The molecule has 0 fully saturated rings. The van der Waals surface area contributed by atoms with Crippen molar-refractivity contribution in [1.29, 1.82) is 0 Å². The minimum absolute atomic E-state index is 0.289. The Hall–Kier alpha value is -3.22. The number of hydrogen-bond acceptors (Lipinski definition) is 5. The zero-order valence-electron chi connectivity index (χ0n) is 14.3. The summed E-state index contributed by atoms with van der Waals surface area (Å²) < 4.78 is 5.40. The highest BCUT2D eigenvalue weighted by Crippen LogP contribution is 2.29. The molecule has 4 aromatic rings. The fourth-order valence-corrected chi connectivity index (χ4v) is 2.86. The molecule has 0 unspecified atom stereocenters. The maximum absolute atomic E-state index is 12.6. The molecule has 0 radical (unpaired) electrons. The van der Waals surface area contributed by atoms with Crippen LogP contribution in [0.2, 0.25) is 10.0 Å². The summed E-state index contributed by atoms with van der Waals surface area (Å²) in [5, 5.41) is 7.54. The Labute approximate surface area is 170 Å². The van der Waals surface area contributed by atoms with E-state index in [2.05, 4.69) is 20.4 Å². The van der Waals surface area contributed by atoms with Crippen molar-refractivity contribution in [3.05, 3.63) is 82.6 Å². The van der Waals surface area contributed by atoms with Gasteiger partial charge < -0.3 is 9.84 Å². The molecule has 28 heavy (non-hydrogen) atoms. The number of hydrogen-bond donors (Lipinski definition) is 1. The van der Waals surface area contributed by atoms with Crippen LogP contribution < -0.4 is 5.32 Å². The molecule has 6 nitrogen and oxygen atoms in total. The van der Waals surface area contributed by atoms with Crippen LogP contribution in [0.4, 0.5) is 5.69 Å². The summed E-state index contributed by atoms with van der Waals surface area (Å²) in [6, 6.07) is 15.4. The standard InChI is InChI=1S/C20H12Cl2N4O2/c21-15-6-5-13(11-16(15)22)19(27)24-17-4-2-1-3-14(17)20-25-18(26-28-20)12-7-9-23-10-8-12/h1-11H,(H,24,27). The second-order valence-corrected chi connectivity index (χ2v) is 6.60. The number of anilines is 1. The zero-order chi connectivity index (χ0) is 19.5. The van der Waals surface area contributed by atoms with E-state index in [4.69, 9.17) is 27.7 Å². The second kappa shape index (κ2) is 7.80. The number of nitrogens with zero attached hydrogens (tertiary/aromatic N) is 3. The molecular formula is C20H12Cl2N4O2. The van der Waals surface area contributed by atoms with Crippen molar-refractivity contribution < 1.29 is 9.32 Å². The van der Waals surface area contributed by atoms with Gasteiger partial charge in [0.25, 0.3) is 11.8 Å². The van der Waals surface area contributed by atoms with E-state index in [9.17, 15) is 4.79 Å². The largest absolute Gasteiger partial charge is 0.334 e. The first-order valence-electron chi connectivity index (χ1n) is 8.22. The molecule has 0 saturated carbocycles. The maximum atomic E-state index is 12.6. The van der Waals surface area contributed by atoms with Crippen molar-refractivity contribution in [2.45, 2.75) is 0 Å². The third-order valence-electron chi connectivity index (χ3n) is 3.95. The number of pyridine rings is 1. The molecule has 2 aromatic heterocycles. The molecule has 0 spiro atoms. The van der Waals surface area contributed by atoms with Gasteiger partial charge in [0.15, 0.2) is 0 Å². The molecule has 0 bridgehead atoms. The molecule has 1 amide bonds. The number of para-hydroxylation sites is 1. The van der Waals surface area contributed by atoms with E-state index in [-0.39, 0.29) is 11.8 Å². The molecule has 2 aromatic carbocycles. The Kier molecular flexibility index (Phi) is 5.06. The van der Waals surface area contributed by atoms with Crippen LogP contribution in [0.5, 0.6) is 0 Å². The summed E-state index contributed by atoms with van der Waals surface area (Å²) in [7, 11) is 0. The van der Waals surface area contributed by atoms with Crippen LogP contribution in [0.1, 0.15) is 10.4 Å². The third-order valence-corrected chi connectivity index (χ3v) is 4.69. The van der Waals surface area contributed by atoms with Gasteiger partial charge in [-0.05, 0) is 42.5 Å². The Morgan fingerprint density at radius 2 is 1.75 bits per heavy atom. The lowest BCUT2D eigenvalue weighted by Gasteiger charge is -2.09. The molecule has 0 saturated heterocycles. The number of halogens is 2. The van der Waals surface area contributed by atoms with Crippen molar-refractivity contribution in [2.24, 2.45) is 0 Å². The number of amides is 1. The van der Waals surface area contributed by atoms with E-state index in [1.807, 2.05) is 6.07 Å². The lowest BCUT2D eigenvalue weighted by Crippen LogP contribution is -2.12. The van der Waals surface area contributed by atoms with E-state index in [0.717, 1.165) is 5.56 Å². The number of nitrogens with one attached hydrogen (secondary N) is 1. The molecule has 1 N–H and O–H groups in total. The molecular weight excluding hydrogens is 399 g/mol. The van der Waals surface area contributed by atoms with Gasteiger partial charge in [-0.3, -0.25) is 9.78 Å². The first kappa shape index (κ1) is 18.2. The van der Waals surface area contributed by atoms with E-state index in [1.54, 1.807) is 54.9 Å². The monoisotopic (exact) mass is 410 g/mol. The lowest BCUT2D eigenvalue weighted by atomic mass is 10.1. The number of rotatable bonds is 4. The summed E-state index contributed by atoms with van der Waals surface area (Å²) in [6.45, 7) is 0. The number of aromatic nitrogens is 3. The Morgan fingerprint density at radius 3 is 2.54 bits per heavy atom. The van der Waals surface area contributed by atoms with Crippen LogP contribution in [0.3, 0.4) is 0 Å². The number of benzene rings is 2. The molecule has 0 aliphatic rings. The highest BCUT2D eigenvalue weighted by Gasteiger charge is 2.16. The minimum Gasteiger partial charge on any atom is -0.334 e. The van der Waals surface area contributed by atoms with Gasteiger partial charge in [0, 0.05) is 23.5 Å². The summed E-state index contributed by atoms with van der Waals surface area (Å²) in [4.78, 5) is 21.0. The molecule has 4 rings (SSSR count). The highest BCUT2D eigenvalue weighted by atomic mass is 35.5. The Bertz CT molecular complexity index is 1150. The number of carbonyl (C=O) groups is 1. The summed E-state index contributed by atoms with van der Waals surface area (Å²) in [6.07, 6.45) is 3.30. The van der Waals surface area contributed by atoms with Crippen LogP contribution in [0, 0.1) is 0 Å². The van der Waals surface area contributed by atoms with Gasteiger partial charge in [0.1, 0.15) is 0 Å². The van der Waals surface area contributed by atoms with Gasteiger partial charge >= 0.3 is 0 Å². The van der Waals surface area contributed by atoms with Crippen LogP contribution in [-0.2, 0) is 0 Å². The SMILES string of the molecule is O=C(Nc1ccccc1-c1nc(-c2ccncc2)no1)c1ccc(Cl)c(Cl)c1. The Balaban J connectivity index is 1.63. The first-order chi connectivity index (χ1) is 13.6. The van der Waals surface area contributed by atoms with Gasteiger partial charge in [-0.15, -0.1) is 0 Å². The number of carbonyl (C=O) groups excluding carboxylic acids is 1. The van der Waals surface area contributed by atoms with Crippen LogP contribution in [0.15, 0.2) is 71.5 Å². The van der Waals surface area contributed by atoms with E-state index in [0.29, 0.717) is 32.7 Å². The van der Waals surface area contributed by atoms with Crippen LogP contribution in [0.25, 0.3) is 22.8 Å². The molecule has 138 valence electrons. The molecule has 8 heteroatoms. The van der Waals surface area contributed by atoms with Crippen LogP contribution >= 0.6 is 23.2 Å². The van der Waals surface area contributed by atoms with Gasteiger partial charge in [-0.25, -0.2) is 0 Å². The normalized spacial score (nSPS) is 10.6. The van der Waals surface area contributed by atoms with Crippen molar-refractivity contribution in [1.82, 2.24) is 15.1 Å². The quantitative estimate of drug-likeness (QED) is 0.489. The van der Waals surface area contributed by atoms with Gasteiger partial charge in [-0.2, -0.15) is 4.98 Å². The Morgan fingerprint density at radius 1 is 0.964 bits per heavy atom. The molecule has 0 aliphatic heterocycles. The second-order valence-electron chi connectivity index (χ2n) is 5.79. The van der Waals surface area contributed by atoms with Crippen molar-refractivity contribution in [3.63, 3.8) is 0 Å². The predicted molar refractivity (Wildman–Crippen MR) is 107 cm³/mol. The van der Waals surface area contributed by atoms with E-state index in [1.165, 1.54) is 6.07 Å². The fourth-order valence-electron chi connectivity index (χ4n) is 2.56. The summed E-state index contributed by atoms with van der Waals surface area (Å²) >= 11 is 11.9. The molecule has 0 atom stereocenters. The minimum atomic E-state index is -0.333. The summed E-state index contributed by atoms with van der Waals surface area (Å²) in [5.74, 6) is 0.389. The lowest BCUT2D eigenvalue weighted by molar-refractivity contribution is 0.102. The van der Waals surface area contributed by atoms with Gasteiger partial charge in [0.05, 0.1) is 21.3 Å². The first-order valence-corrected chi connectivity index (χ1v) is 8.97. The van der Waals surface area contributed by atoms with Crippen molar-refractivity contribution in [3.8, 4) is 22.8 Å². The maximum Gasteiger partial charge on any atom is 0.260 e. The van der Waals surface area contributed by atoms with E-state index >= 15 is 0 Å². The van der Waals surface area contributed by atoms with Crippen molar-refractivity contribution >= 4 is 34.8 Å². The average molecular weight is 411 g/mol. The van der Waals surface area contributed by atoms with Gasteiger partial charge in [-0.1, -0.05) is 40.5 Å². The van der Waals surface area contributed by atoms with Crippen molar-refractivity contribution in [2.75, 3.05) is 5.32 Å². The topological polar surface area (TPSA) is 80.9 Å². The van der Waals surface area contributed by atoms with E-state index < -0.39 is 0 Å². The summed E-state index contributed by atoms with van der Waals surface area (Å²) in [5.41, 5.74) is 2.29. The fraction of sp³-hybridized carbons (Fsp3) is 0. The zero-order valence-corrected chi connectivity index (χ0v) is 15.8. The highest BCUT2D eigenvalue weighted by molar-refractivity contribution is 6.42. The molecule has 0 aliphatic carbocycles. The average Bonchev–Trinajstić information content (AvgIpc) is 3.21. The van der Waals surface area contributed by atoms with Crippen LogP contribution in [-0.4, -0.2) is 21.0 Å². The van der Waals surface area contributed by atoms with Gasteiger partial charge in [0.2, 0.25) is 5.82 Å². The smallest absolute Gasteiger partial charge is 0.260 e. The third kappa shape index (κ3) is 3.74. The predicted octanol–water partition coefficient (Wildman–Crippen LogP) is 5.36. The molecule has 2 heterocycles.